The zero-order chi connectivity index (χ0) is 17.2. The first-order chi connectivity index (χ1) is 10.8. The average molecular weight is 321 g/mol. The second-order valence-corrected chi connectivity index (χ2v) is 6.98. The molecule has 0 bridgehead atoms. The molecule has 1 atom stereocenters. The third-order valence-corrected chi connectivity index (χ3v) is 4.39. The summed E-state index contributed by atoms with van der Waals surface area (Å²) in [5, 5.41) is 3.06. The Bertz CT molecular complexity index is 555. The van der Waals surface area contributed by atoms with Crippen LogP contribution in [0, 0.1) is 5.41 Å². The Morgan fingerprint density at radius 3 is 2.22 bits per heavy atom. The van der Waals surface area contributed by atoms with Gasteiger partial charge >= 0.3 is 0 Å². The van der Waals surface area contributed by atoms with E-state index >= 15 is 0 Å². The van der Waals surface area contributed by atoms with Crippen LogP contribution < -0.4 is 14.8 Å². The van der Waals surface area contributed by atoms with Crippen molar-refractivity contribution in [1.29, 1.82) is 0 Å². The molecule has 128 valence electrons. The normalized spacial score (nSPS) is 19.7. The third kappa shape index (κ3) is 3.61. The summed E-state index contributed by atoms with van der Waals surface area (Å²) in [5.41, 5.74) is 1.43. The van der Waals surface area contributed by atoms with Crippen molar-refractivity contribution in [2.75, 3.05) is 27.4 Å². The Labute approximate surface area is 138 Å². The highest BCUT2D eigenvalue weighted by molar-refractivity contribution is 5.95. The molecule has 0 spiro atoms. The zero-order valence-electron chi connectivity index (χ0n) is 14.9. The Hall–Kier alpha value is -1.75. The summed E-state index contributed by atoms with van der Waals surface area (Å²) >= 11 is 0. The zero-order valence-corrected chi connectivity index (χ0v) is 14.9. The predicted octanol–water partition coefficient (Wildman–Crippen LogP) is 2.98. The van der Waals surface area contributed by atoms with Crippen LogP contribution in [0.15, 0.2) is 12.1 Å². The van der Waals surface area contributed by atoms with Crippen molar-refractivity contribution in [3.63, 3.8) is 0 Å². The van der Waals surface area contributed by atoms with Gasteiger partial charge in [-0.3, -0.25) is 4.79 Å². The van der Waals surface area contributed by atoms with Crippen molar-refractivity contribution in [3.8, 4) is 11.5 Å². The minimum absolute atomic E-state index is 0.00300. The standard InChI is InChI=1S/C18H27NO4/c1-11(2)16-13(21-5)7-12(8-14(16)22-6)17(20)19-15-9-23-10-18(15,3)4/h7-8,11,15H,9-10H2,1-6H3,(H,19,20)/t15-/m0/s1. The SMILES string of the molecule is COc1cc(C(=O)N[C@H]2COCC2(C)C)cc(OC)c1C(C)C. The van der Waals surface area contributed by atoms with E-state index in [1.54, 1.807) is 26.4 Å². The quantitative estimate of drug-likeness (QED) is 0.906. The first-order valence-corrected chi connectivity index (χ1v) is 7.94. The van der Waals surface area contributed by atoms with E-state index in [4.69, 9.17) is 14.2 Å². The van der Waals surface area contributed by atoms with Gasteiger partial charge < -0.3 is 19.5 Å². The van der Waals surface area contributed by atoms with Gasteiger partial charge in [-0.15, -0.1) is 0 Å². The van der Waals surface area contributed by atoms with Crippen molar-refractivity contribution in [1.82, 2.24) is 5.32 Å². The van der Waals surface area contributed by atoms with Gasteiger partial charge in [-0.2, -0.15) is 0 Å². The minimum atomic E-state index is -0.138. The molecule has 0 unspecified atom stereocenters. The van der Waals surface area contributed by atoms with E-state index in [1.807, 2.05) is 0 Å². The molecule has 23 heavy (non-hydrogen) atoms. The van der Waals surface area contributed by atoms with Crippen LogP contribution in [0.1, 0.15) is 49.5 Å². The van der Waals surface area contributed by atoms with Gasteiger partial charge in [0.2, 0.25) is 0 Å². The molecule has 1 heterocycles. The molecule has 1 N–H and O–H groups in total. The summed E-state index contributed by atoms with van der Waals surface area (Å²) in [6, 6.07) is 3.54. The van der Waals surface area contributed by atoms with Crippen molar-refractivity contribution < 1.29 is 19.0 Å². The summed E-state index contributed by atoms with van der Waals surface area (Å²) in [5.74, 6) is 1.44. The monoisotopic (exact) mass is 321 g/mol. The van der Waals surface area contributed by atoms with Crippen LogP contribution in [0.4, 0.5) is 0 Å². The molecule has 1 aliphatic heterocycles. The van der Waals surface area contributed by atoms with Crippen LogP contribution in [0.5, 0.6) is 11.5 Å². The van der Waals surface area contributed by atoms with Gasteiger partial charge in [0.15, 0.2) is 0 Å². The number of carbonyl (C=O) groups is 1. The lowest BCUT2D eigenvalue weighted by molar-refractivity contribution is 0.0914. The molecule has 0 saturated carbocycles. The second kappa shape index (κ2) is 6.79. The number of rotatable bonds is 5. The van der Waals surface area contributed by atoms with E-state index in [2.05, 4.69) is 33.0 Å². The number of carbonyl (C=O) groups excluding carboxylic acids is 1. The van der Waals surface area contributed by atoms with Crippen LogP contribution >= 0.6 is 0 Å². The van der Waals surface area contributed by atoms with E-state index in [0.717, 1.165) is 5.56 Å². The highest BCUT2D eigenvalue weighted by Crippen LogP contribution is 2.36. The number of hydrogen-bond acceptors (Lipinski definition) is 4. The molecule has 5 nitrogen and oxygen atoms in total. The maximum atomic E-state index is 12.6. The molecule has 1 aromatic rings. The van der Waals surface area contributed by atoms with Crippen molar-refractivity contribution >= 4 is 5.91 Å². The van der Waals surface area contributed by atoms with Gasteiger partial charge in [0.1, 0.15) is 11.5 Å². The van der Waals surface area contributed by atoms with Crippen LogP contribution in [0.25, 0.3) is 0 Å². The predicted molar refractivity (Wildman–Crippen MR) is 89.5 cm³/mol. The van der Waals surface area contributed by atoms with Crippen molar-refractivity contribution in [2.24, 2.45) is 5.41 Å². The molecule has 1 saturated heterocycles. The number of methoxy groups -OCH3 is 2. The lowest BCUT2D eigenvalue weighted by atomic mass is 9.87. The summed E-state index contributed by atoms with van der Waals surface area (Å²) in [6.07, 6.45) is 0. The first kappa shape index (κ1) is 17.6. The fraction of sp³-hybridized carbons (Fsp3) is 0.611. The topological polar surface area (TPSA) is 56.8 Å². The molecule has 2 rings (SSSR count). The number of ether oxygens (including phenoxy) is 3. The maximum Gasteiger partial charge on any atom is 0.251 e. The van der Waals surface area contributed by atoms with Crippen molar-refractivity contribution in [2.45, 2.75) is 39.7 Å². The third-order valence-electron chi connectivity index (χ3n) is 4.39. The van der Waals surface area contributed by atoms with E-state index in [9.17, 15) is 4.79 Å². The van der Waals surface area contributed by atoms with E-state index in [0.29, 0.717) is 30.3 Å². The van der Waals surface area contributed by atoms with Crippen molar-refractivity contribution in [3.05, 3.63) is 23.3 Å². The van der Waals surface area contributed by atoms with E-state index < -0.39 is 0 Å². The summed E-state index contributed by atoms with van der Waals surface area (Å²) in [4.78, 5) is 12.6. The minimum Gasteiger partial charge on any atom is -0.496 e. The fourth-order valence-electron chi connectivity index (χ4n) is 2.88. The molecule has 5 heteroatoms. The Morgan fingerprint density at radius 2 is 1.83 bits per heavy atom. The molecular formula is C18H27NO4. The highest BCUT2D eigenvalue weighted by Gasteiger charge is 2.37. The van der Waals surface area contributed by atoms with E-state index in [-0.39, 0.29) is 23.3 Å². The Kier molecular flexibility index (Phi) is 5.19. The van der Waals surface area contributed by atoms with Gasteiger partial charge in [-0.1, -0.05) is 27.7 Å². The van der Waals surface area contributed by atoms with E-state index in [1.165, 1.54) is 0 Å². The molecule has 1 aliphatic rings. The maximum absolute atomic E-state index is 12.6. The highest BCUT2D eigenvalue weighted by atomic mass is 16.5. The molecule has 0 radical (unpaired) electrons. The Morgan fingerprint density at radius 1 is 1.26 bits per heavy atom. The number of benzene rings is 1. The number of amides is 1. The van der Waals surface area contributed by atoms with Crippen LogP contribution in [-0.2, 0) is 4.74 Å². The fourth-order valence-corrected chi connectivity index (χ4v) is 2.88. The molecule has 0 aliphatic carbocycles. The molecule has 1 fully saturated rings. The van der Waals surface area contributed by atoms with Gasteiger partial charge in [-0.05, 0) is 18.1 Å². The van der Waals surface area contributed by atoms with Gasteiger partial charge in [0.05, 0.1) is 33.5 Å². The van der Waals surface area contributed by atoms with Gasteiger partial charge in [0, 0.05) is 16.5 Å². The molecule has 1 amide bonds. The lowest BCUT2D eigenvalue weighted by Crippen LogP contribution is -2.44. The molecular weight excluding hydrogens is 294 g/mol. The smallest absolute Gasteiger partial charge is 0.251 e. The van der Waals surface area contributed by atoms with Gasteiger partial charge in [-0.25, -0.2) is 0 Å². The number of hydrogen-bond donors (Lipinski definition) is 1. The second-order valence-electron chi connectivity index (χ2n) is 6.98. The number of nitrogens with one attached hydrogen (secondary N) is 1. The largest absolute Gasteiger partial charge is 0.496 e. The van der Waals surface area contributed by atoms with Gasteiger partial charge in [0.25, 0.3) is 5.91 Å². The van der Waals surface area contributed by atoms with Crippen LogP contribution in [-0.4, -0.2) is 39.4 Å². The first-order valence-electron chi connectivity index (χ1n) is 7.94. The lowest BCUT2D eigenvalue weighted by Gasteiger charge is -2.25. The molecule has 1 aromatic carbocycles. The van der Waals surface area contributed by atoms with Crippen LogP contribution in [0.3, 0.4) is 0 Å². The molecule has 0 aromatic heterocycles. The summed E-state index contributed by atoms with van der Waals surface area (Å²) in [7, 11) is 3.21. The summed E-state index contributed by atoms with van der Waals surface area (Å²) in [6.45, 7) is 9.51. The average Bonchev–Trinajstić information content (AvgIpc) is 2.84. The van der Waals surface area contributed by atoms with Crippen LogP contribution in [0.2, 0.25) is 0 Å². The Balaban J connectivity index is 2.30. The summed E-state index contributed by atoms with van der Waals surface area (Å²) < 4.78 is 16.4.